The predicted molar refractivity (Wildman–Crippen MR) is 71.7 cm³/mol. The molecule has 2 unspecified atom stereocenters. The molecule has 3 rings (SSSR count). The van der Waals surface area contributed by atoms with Crippen molar-refractivity contribution < 1.29 is 14.2 Å². The van der Waals surface area contributed by atoms with E-state index >= 15 is 0 Å². The summed E-state index contributed by atoms with van der Waals surface area (Å²) in [6, 6.07) is 4.20. The van der Waals surface area contributed by atoms with Gasteiger partial charge in [0.25, 0.3) is 6.02 Å². The first kappa shape index (κ1) is 12.1. The molecular weight excluding hydrogens is 244 g/mol. The van der Waals surface area contributed by atoms with Gasteiger partial charge in [-0.25, -0.2) is 4.99 Å². The Kier molecular flexibility index (Phi) is 2.97. The quantitative estimate of drug-likeness (QED) is 0.902. The lowest BCUT2D eigenvalue weighted by Gasteiger charge is -2.14. The molecule has 1 aromatic rings. The molecule has 0 aliphatic carbocycles. The molecule has 2 atom stereocenters. The molecule has 2 heterocycles. The molecule has 5 heteroatoms. The number of benzene rings is 1. The summed E-state index contributed by atoms with van der Waals surface area (Å²) in [5.41, 5.74) is 7.75. The molecule has 0 radical (unpaired) electrons. The maximum absolute atomic E-state index is 5.79. The number of aliphatic imine (C=N–C) groups is 1. The molecule has 0 amide bonds. The van der Waals surface area contributed by atoms with Crippen LogP contribution in [0.4, 0.5) is 0 Å². The molecule has 2 aliphatic heterocycles. The SMILES string of the molecule is CCOc1cc2c(cc1C1COC(N)=N1)OC(C)C2. The molecule has 1 aromatic carbocycles. The molecule has 0 saturated carbocycles. The minimum atomic E-state index is -0.105. The van der Waals surface area contributed by atoms with Crippen molar-refractivity contribution in [3.05, 3.63) is 23.3 Å². The van der Waals surface area contributed by atoms with Crippen LogP contribution in [0.5, 0.6) is 11.5 Å². The van der Waals surface area contributed by atoms with Crippen molar-refractivity contribution in [2.24, 2.45) is 10.7 Å². The zero-order chi connectivity index (χ0) is 13.4. The van der Waals surface area contributed by atoms with Crippen LogP contribution in [0.2, 0.25) is 0 Å². The lowest BCUT2D eigenvalue weighted by atomic mass is 10.0. The van der Waals surface area contributed by atoms with Crippen molar-refractivity contribution >= 4 is 6.02 Å². The van der Waals surface area contributed by atoms with E-state index in [2.05, 4.69) is 18.0 Å². The Morgan fingerprint density at radius 2 is 2.32 bits per heavy atom. The highest BCUT2D eigenvalue weighted by atomic mass is 16.5. The van der Waals surface area contributed by atoms with Crippen LogP contribution >= 0.6 is 0 Å². The number of nitrogens with two attached hydrogens (primary N) is 1. The van der Waals surface area contributed by atoms with Gasteiger partial charge in [-0.05, 0) is 26.0 Å². The zero-order valence-electron chi connectivity index (χ0n) is 11.2. The summed E-state index contributed by atoms with van der Waals surface area (Å²) < 4.78 is 16.7. The summed E-state index contributed by atoms with van der Waals surface area (Å²) >= 11 is 0. The number of amidine groups is 1. The number of ether oxygens (including phenoxy) is 3. The highest BCUT2D eigenvalue weighted by Gasteiger charge is 2.27. The van der Waals surface area contributed by atoms with Crippen molar-refractivity contribution in [2.45, 2.75) is 32.4 Å². The Labute approximate surface area is 112 Å². The predicted octanol–water partition coefficient (Wildman–Crippen LogP) is 1.79. The van der Waals surface area contributed by atoms with E-state index < -0.39 is 0 Å². The van der Waals surface area contributed by atoms with Crippen LogP contribution in [0.25, 0.3) is 0 Å². The van der Waals surface area contributed by atoms with E-state index in [0.29, 0.717) is 13.2 Å². The van der Waals surface area contributed by atoms with Gasteiger partial charge in [0.2, 0.25) is 0 Å². The minimum absolute atomic E-state index is 0.105. The Morgan fingerprint density at radius 1 is 1.47 bits per heavy atom. The maximum Gasteiger partial charge on any atom is 0.282 e. The van der Waals surface area contributed by atoms with Gasteiger partial charge in [0.05, 0.1) is 6.61 Å². The highest BCUT2D eigenvalue weighted by Crippen LogP contribution is 2.39. The van der Waals surface area contributed by atoms with Crippen LogP contribution < -0.4 is 15.2 Å². The van der Waals surface area contributed by atoms with Gasteiger partial charge in [0, 0.05) is 17.5 Å². The smallest absolute Gasteiger partial charge is 0.282 e. The van der Waals surface area contributed by atoms with Gasteiger partial charge < -0.3 is 19.9 Å². The van der Waals surface area contributed by atoms with Crippen molar-refractivity contribution in [3.8, 4) is 11.5 Å². The molecule has 0 bridgehead atoms. The van der Waals surface area contributed by atoms with Crippen LogP contribution in [0, 0.1) is 0 Å². The highest BCUT2D eigenvalue weighted by molar-refractivity contribution is 5.73. The Morgan fingerprint density at radius 3 is 3.00 bits per heavy atom. The molecule has 0 saturated heterocycles. The zero-order valence-corrected chi connectivity index (χ0v) is 11.2. The van der Waals surface area contributed by atoms with Gasteiger partial charge in [-0.15, -0.1) is 0 Å². The number of fused-ring (bicyclic) bond motifs is 1. The Hall–Kier alpha value is -1.91. The number of rotatable bonds is 3. The van der Waals surface area contributed by atoms with E-state index in [4.69, 9.17) is 19.9 Å². The second-order valence-electron chi connectivity index (χ2n) is 4.86. The van der Waals surface area contributed by atoms with Crippen molar-refractivity contribution in [1.82, 2.24) is 0 Å². The number of hydrogen-bond acceptors (Lipinski definition) is 5. The van der Waals surface area contributed by atoms with Gasteiger partial charge in [0.15, 0.2) is 0 Å². The molecule has 2 N–H and O–H groups in total. The normalized spacial score (nSPS) is 24.4. The lowest BCUT2D eigenvalue weighted by molar-refractivity contribution is 0.254. The fourth-order valence-electron chi connectivity index (χ4n) is 2.55. The minimum Gasteiger partial charge on any atom is -0.493 e. The Bertz CT molecular complexity index is 528. The molecule has 5 nitrogen and oxygen atoms in total. The van der Waals surface area contributed by atoms with Crippen LogP contribution in [0.3, 0.4) is 0 Å². The first-order valence-electron chi connectivity index (χ1n) is 6.59. The third-order valence-electron chi connectivity index (χ3n) is 3.36. The molecule has 0 spiro atoms. The van der Waals surface area contributed by atoms with Crippen LogP contribution in [-0.4, -0.2) is 25.3 Å². The van der Waals surface area contributed by atoms with Crippen molar-refractivity contribution in [3.63, 3.8) is 0 Å². The van der Waals surface area contributed by atoms with Gasteiger partial charge in [0.1, 0.15) is 30.3 Å². The van der Waals surface area contributed by atoms with Crippen LogP contribution in [0.1, 0.15) is 31.0 Å². The third-order valence-corrected chi connectivity index (χ3v) is 3.36. The first-order chi connectivity index (χ1) is 9.17. The first-order valence-corrected chi connectivity index (χ1v) is 6.59. The van der Waals surface area contributed by atoms with E-state index in [1.165, 1.54) is 5.56 Å². The van der Waals surface area contributed by atoms with Crippen LogP contribution in [-0.2, 0) is 11.2 Å². The van der Waals surface area contributed by atoms with Crippen LogP contribution in [0.15, 0.2) is 17.1 Å². The average Bonchev–Trinajstić information content (AvgIpc) is 2.93. The number of nitrogens with zero attached hydrogens (tertiary/aromatic N) is 1. The summed E-state index contributed by atoms with van der Waals surface area (Å²) in [7, 11) is 0. The van der Waals surface area contributed by atoms with Crippen molar-refractivity contribution in [1.29, 1.82) is 0 Å². The molecule has 2 aliphatic rings. The summed E-state index contributed by atoms with van der Waals surface area (Å²) in [5, 5.41) is 0. The second-order valence-corrected chi connectivity index (χ2v) is 4.86. The van der Waals surface area contributed by atoms with Gasteiger partial charge >= 0.3 is 0 Å². The van der Waals surface area contributed by atoms with E-state index in [9.17, 15) is 0 Å². The maximum atomic E-state index is 5.79. The largest absolute Gasteiger partial charge is 0.493 e. The Balaban J connectivity index is 2.00. The molecule has 0 aromatic heterocycles. The summed E-state index contributed by atoms with van der Waals surface area (Å²) in [6.45, 7) is 5.11. The van der Waals surface area contributed by atoms with E-state index in [-0.39, 0.29) is 18.2 Å². The van der Waals surface area contributed by atoms with E-state index in [1.807, 2.05) is 13.0 Å². The standard InChI is InChI=1S/C14H18N2O3/c1-3-17-13-5-9-4-8(2)19-12(9)6-10(13)11-7-18-14(15)16-11/h5-6,8,11H,3-4,7H2,1-2H3,(H2,15,16). The number of hydrogen-bond donors (Lipinski definition) is 1. The monoisotopic (exact) mass is 262 g/mol. The van der Waals surface area contributed by atoms with E-state index in [0.717, 1.165) is 23.5 Å². The van der Waals surface area contributed by atoms with Gasteiger partial charge in [-0.2, -0.15) is 0 Å². The fourth-order valence-corrected chi connectivity index (χ4v) is 2.55. The fraction of sp³-hybridized carbons (Fsp3) is 0.500. The lowest BCUT2D eigenvalue weighted by Crippen LogP contribution is -2.10. The third kappa shape index (κ3) is 2.20. The van der Waals surface area contributed by atoms with Gasteiger partial charge in [-0.3, -0.25) is 0 Å². The molecular formula is C14H18N2O3. The molecule has 0 fully saturated rings. The molecule has 19 heavy (non-hydrogen) atoms. The topological polar surface area (TPSA) is 66.1 Å². The van der Waals surface area contributed by atoms with E-state index in [1.54, 1.807) is 0 Å². The average molecular weight is 262 g/mol. The summed E-state index contributed by atoms with van der Waals surface area (Å²) in [4.78, 5) is 4.28. The summed E-state index contributed by atoms with van der Waals surface area (Å²) in [5.74, 6) is 1.78. The molecule has 102 valence electrons. The van der Waals surface area contributed by atoms with Crippen molar-refractivity contribution in [2.75, 3.05) is 13.2 Å². The second kappa shape index (κ2) is 4.64. The summed E-state index contributed by atoms with van der Waals surface area (Å²) in [6.07, 6.45) is 1.13. The van der Waals surface area contributed by atoms with Gasteiger partial charge in [-0.1, -0.05) is 0 Å².